The summed E-state index contributed by atoms with van der Waals surface area (Å²) < 4.78 is 5.98. The minimum Gasteiger partial charge on any atom is -0.484 e. The van der Waals surface area contributed by atoms with E-state index >= 15 is 0 Å². The van der Waals surface area contributed by atoms with Gasteiger partial charge in [-0.3, -0.25) is 14.9 Å². The summed E-state index contributed by atoms with van der Waals surface area (Å²) in [5.74, 6) is -0.0930. The number of benzene rings is 2. The van der Waals surface area contributed by atoms with Gasteiger partial charge >= 0.3 is 6.03 Å². The molecule has 0 spiro atoms. The second kappa shape index (κ2) is 13.2. The van der Waals surface area contributed by atoms with Crippen LogP contribution in [0.4, 0.5) is 22.0 Å². The normalized spacial score (nSPS) is 16.5. The molecule has 0 aliphatic carbocycles. The lowest BCUT2D eigenvalue weighted by molar-refractivity contribution is -0.131. The highest BCUT2D eigenvalue weighted by Crippen LogP contribution is 2.24. The van der Waals surface area contributed by atoms with Crippen LogP contribution in [0.2, 0.25) is 0 Å². The van der Waals surface area contributed by atoms with Crippen LogP contribution in [0.3, 0.4) is 0 Å². The Morgan fingerprint density at radius 3 is 2.45 bits per heavy atom. The number of primary amides is 1. The summed E-state index contributed by atoms with van der Waals surface area (Å²) in [5.41, 5.74) is 8.50. The minimum atomic E-state index is -0.750. The summed E-state index contributed by atoms with van der Waals surface area (Å²) in [6, 6.07) is 17.2. The van der Waals surface area contributed by atoms with Crippen molar-refractivity contribution in [3.05, 3.63) is 83.5 Å². The van der Waals surface area contributed by atoms with Gasteiger partial charge in [-0.15, -0.1) is 0 Å². The molecule has 0 radical (unpaired) electrons. The molecule has 2 aromatic carbocycles. The zero-order valence-corrected chi connectivity index (χ0v) is 23.8. The maximum absolute atomic E-state index is 13.1. The molecule has 1 aromatic heterocycles. The number of nitrogens with one attached hydrogen (secondary N) is 3. The third-order valence-corrected chi connectivity index (χ3v) is 7.44. The van der Waals surface area contributed by atoms with Crippen LogP contribution in [0.25, 0.3) is 0 Å². The number of nitrogens with zero attached hydrogens (tertiary/aromatic N) is 3. The van der Waals surface area contributed by atoms with E-state index in [1.54, 1.807) is 6.08 Å². The molecule has 1 unspecified atom stereocenters. The van der Waals surface area contributed by atoms with Crippen molar-refractivity contribution in [3.8, 4) is 0 Å². The first-order valence-corrected chi connectivity index (χ1v) is 14.4. The first-order chi connectivity index (χ1) is 20.4. The smallest absolute Gasteiger partial charge is 0.324 e. The van der Waals surface area contributed by atoms with Gasteiger partial charge in [0.25, 0.3) is 11.8 Å². The molecule has 4 amide bonds. The van der Waals surface area contributed by atoms with Crippen molar-refractivity contribution in [2.24, 2.45) is 5.73 Å². The van der Waals surface area contributed by atoms with E-state index in [-0.39, 0.29) is 23.5 Å². The van der Waals surface area contributed by atoms with E-state index in [1.807, 2.05) is 47.4 Å². The van der Waals surface area contributed by atoms with Crippen molar-refractivity contribution in [2.75, 3.05) is 41.7 Å². The Hall–Kier alpha value is -4.80. The molecular weight excluding hydrogens is 534 g/mol. The van der Waals surface area contributed by atoms with Gasteiger partial charge in [0.2, 0.25) is 0 Å². The number of hydrogen-bond acceptors (Lipinski definition) is 6. The molecule has 1 atom stereocenters. The summed E-state index contributed by atoms with van der Waals surface area (Å²) in [4.78, 5) is 49.1. The highest BCUT2D eigenvalue weighted by molar-refractivity contribution is 6.04. The van der Waals surface area contributed by atoms with Crippen LogP contribution in [0.15, 0.2) is 66.4 Å². The van der Waals surface area contributed by atoms with Gasteiger partial charge < -0.3 is 30.6 Å². The fourth-order valence-electron chi connectivity index (χ4n) is 5.15. The molecule has 0 bridgehead atoms. The highest BCUT2D eigenvalue weighted by atomic mass is 16.5. The van der Waals surface area contributed by atoms with Crippen molar-refractivity contribution < 1.29 is 19.1 Å². The molecule has 3 aromatic rings. The number of nitrogens with two attached hydrogens (primary N) is 1. The largest absolute Gasteiger partial charge is 0.484 e. The fourth-order valence-corrected chi connectivity index (χ4v) is 5.15. The maximum Gasteiger partial charge on any atom is 0.324 e. The molecule has 5 N–H and O–H groups in total. The van der Waals surface area contributed by atoms with E-state index in [0.29, 0.717) is 43.2 Å². The summed E-state index contributed by atoms with van der Waals surface area (Å²) in [6.45, 7) is 4.87. The Morgan fingerprint density at radius 2 is 1.76 bits per heavy atom. The Morgan fingerprint density at radius 1 is 1.02 bits per heavy atom. The monoisotopic (exact) mass is 571 g/mol. The molecule has 11 heteroatoms. The lowest BCUT2D eigenvalue weighted by atomic mass is 10.1. The number of piperazine rings is 1. The third kappa shape index (κ3) is 7.09. The predicted molar refractivity (Wildman–Crippen MR) is 161 cm³/mol. The van der Waals surface area contributed by atoms with E-state index in [2.05, 4.69) is 44.6 Å². The Bertz CT molecular complexity index is 1430. The molecule has 42 heavy (non-hydrogen) atoms. The highest BCUT2D eigenvalue weighted by Gasteiger charge is 2.30. The number of imidazole rings is 1. The molecule has 5 rings (SSSR count). The topological polar surface area (TPSA) is 146 Å². The first kappa shape index (κ1) is 28.7. The standard InChI is InChI=1S/C31H37N7O4/c1-2-3-7-21-10-12-22(13-11-21)33-31(41)36-29-27(28(32)39)34-26(35-29)20-24-14-15-25(42-24)30(40)38-18-16-37(17-19-38)23-8-5-4-6-9-23/h4-6,8-13,15,24H,2-3,7,14,16-20H2,1H3,(H2,32,39)(H,34,35)(H2,33,36,41). The van der Waals surface area contributed by atoms with Crippen molar-refractivity contribution >= 4 is 35.0 Å². The molecule has 220 valence electrons. The van der Waals surface area contributed by atoms with Gasteiger partial charge in [-0.1, -0.05) is 43.7 Å². The number of para-hydroxylation sites is 1. The zero-order chi connectivity index (χ0) is 29.5. The Balaban J connectivity index is 1.13. The van der Waals surface area contributed by atoms with Crippen molar-refractivity contribution in [2.45, 2.75) is 45.1 Å². The van der Waals surface area contributed by atoms with E-state index in [1.165, 1.54) is 5.56 Å². The molecule has 3 heterocycles. The van der Waals surface area contributed by atoms with Gasteiger partial charge in [-0.25, -0.2) is 9.78 Å². The van der Waals surface area contributed by atoms with Gasteiger partial charge in [0, 0.05) is 50.4 Å². The van der Waals surface area contributed by atoms with Crippen molar-refractivity contribution in [3.63, 3.8) is 0 Å². The van der Waals surface area contributed by atoms with Gasteiger partial charge in [0.05, 0.1) is 0 Å². The minimum absolute atomic E-state index is 0.00592. The van der Waals surface area contributed by atoms with Gasteiger partial charge in [0.15, 0.2) is 11.6 Å². The van der Waals surface area contributed by atoms with Crippen molar-refractivity contribution in [1.82, 2.24) is 14.9 Å². The van der Waals surface area contributed by atoms with Crippen LogP contribution in [0.5, 0.6) is 0 Å². The average Bonchev–Trinajstić information content (AvgIpc) is 3.64. The van der Waals surface area contributed by atoms with Gasteiger partial charge in [0.1, 0.15) is 17.6 Å². The number of unbranched alkanes of at least 4 members (excludes halogenated alkanes) is 1. The number of aromatic amines is 1. The maximum atomic E-state index is 13.1. The van der Waals surface area contributed by atoms with E-state index < -0.39 is 11.9 Å². The molecule has 1 saturated heterocycles. The molecule has 2 aliphatic heterocycles. The number of carbonyl (C=O) groups is 3. The number of carbonyl (C=O) groups excluding carboxylic acids is 3. The van der Waals surface area contributed by atoms with Crippen LogP contribution in [0, 0.1) is 0 Å². The van der Waals surface area contributed by atoms with Crippen LogP contribution in [-0.2, 0) is 22.4 Å². The van der Waals surface area contributed by atoms with Crippen LogP contribution < -0.4 is 21.3 Å². The molecule has 0 saturated carbocycles. The van der Waals surface area contributed by atoms with Gasteiger partial charge in [-0.2, -0.15) is 0 Å². The number of hydrogen-bond donors (Lipinski definition) is 4. The van der Waals surface area contributed by atoms with E-state index in [0.717, 1.165) is 38.0 Å². The zero-order valence-electron chi connectivity index (χ0n) is 23.8. The molecule has 11 nitrogen and oxygen atoms in total. The Kier molecular flexibility index (Phi) is 9.05. The lowest BCUT2D eigenvalue weighted by Gasteiger charge is -2.36. The van der Waals surface area contributed by atoms with Crippen LogP contribution >= 0.6 is 0 Å². The van der Waals surface area contributed by atoms with Crippen LogP contribution in [-0.4, -0.2) is 65.0 Å². The summed E-state index contributed by atoms with van der Waals surface area (Å²) in [6.07, 6.45) is 5.50. The Labute approximate surface area is 245 Å². The van der Waals surface area contributed by atoms with E-state index in [4.69, 9.17) is 10.5 Å². The molecule has 1 fully saturated rings. The van der Waals surface area contributed by atoms with Crippen LogP contribution in [0.1, 0.15) is 48.1 Å². The fraction of sp³-hybridized carbons (Fsp3) is 0.355. The summed E-state index contributed by atoms with van der Waals surface area (Å²) >= 11 is 0. The van der Waals surface area contributed by atoms with E-state index in [9.17, 15) is 14.4 Å². The number of rotatable bonds is 10. The summed E-state index contributed by atoms with van der Waals surface area (Å²) in [7, 11) is 0. The SMILES string of the molecule is CCCCc1ccc(NC(=O)Nc2nc(CC3CC=C(C(=O)N4CCN(c5ccccc5)CC4)O3)[nH]c2C(N)=O)cc1. The number of aromatic nitrogens is 2. The van der Waals surface area contributed by atoms with Crippen molar-refractivity contribution in [1.29, 1.82) is 0 Å². The number of ether oxygens (including phenoxy) is 1. The number of H-pyrrole nitrogens is 1. The van der Waals surface area contributed by atoms with Gasteiger partial charge in [-0.05, 0) is 48.7 Å². The second-order valence-electron chi connectivity index (χ2n) is 10.5. The summed E-state index contributed by atoms with van der Waals surface area (Å²) in [5, 5.41) is 5.36. The first-order valence-electron chi connectivity index (χ1n) is 14.4. The number of anilines is 3. The number of urea groups is 1. The average molecular weight is 572 g/mol. The quantitative estimate of drug-likeness (QED) is 0.289. The lowest BCUT2D eigenvalue weighted by Crippen LogP contribution is -2.49. The number of amides is 4. The third-order valence-electron chi connectivity index (χ3n) is 7.44. The molecular formula is C31H37N7O4. The second-order valence-corrected chi connectivity index (χ2v) is 10.5. The predicted octanol–water partition coefficient (Wildman–Crippen LogP) is 4.06. The number of aryl methyl sites for hydroxylation is 1. The molecule has 2 aliphatic rings.